The third-order valence-electron chi connectivity index (χ3n) is 4.29. The topological polar surface area (TPSA) is 46.2 Å². The van der Waals surface area contributed by atoms with Gasteiger partial charge in [-0.2, -0.15) is 0 Å². The minimum atomic E-state index is -0.469. The van der Waals surface area contributed by atoms with Crippen LogP contribution in [-0.2, 0) is 4.79 Å². The van der Waals surface area contributed by atoms with Crippen molar-refractivity contribution in [3.05, 3.63) is 99.5 Å². The van der Waals surface area contributed by atoms with Gasteiger partial charge in [0.15, 0.2) is 5.78 Å². The second-order valence-electron chi connectivity index (χ2n) is 6.13. The maximum atomic E-state index is 12.6. The molecule has 0 heterocycles. The highest BCUT2D eigenvalue weighted by atomic mass is 35.5. The molecule has 0 aliphatic rings. The average molecular weight is 398 g/mol. The van der Waals surface area contributed by atoms with Gasteiger partial charge < -0.3 is 5.32 Å². The standard InChI is InChI=1S/C22H17Cl2NO2/c1-14(22(27)25-19-12-6-11-18(23)20(19)24)16-9-5-10-17(13-16)21(26)15-7-3-2-4-8-15/h2-14H,1H3,(H,25,27)/t14-/m0/s1. The molecule has 0 bridgehead atoms. The molecule has 0 aromatic heterocycles. The lowest BCUT2D eigenvalue weighted by atomic mass is 9.95. The lowest BCUT2D eigenvalue weighted by molar-refractivity contribution is -0.117. The van der Waals surface area contributed by atoms with E-state index in [4.69, 9.17) is 23.2 Å². The van der Waals surface area contributed by atoms with Crippen molar-refractivity contribution in [3.8, 4) is 0 Å². The molecule has 0 aliphatic heterocycles. The molecule has 0 fully saturated rings. The zero-order chi connectivity index (χ0) is 19.4. The van der Waals surface area contributed by atoms with E-state index >= 15 is 0 Å². The van der Waals surface area contributed by atoms with Crippen LogP contribution in [0, 0.1) is 0 Å². The van der Waals surface area contributed by atoms with E-state index in [2.05, 4.69) is 5.32 Å². The van der Waals surface area contributed by atoms with E-state index in [0.29, 0.717) is 26.9 Å². The number of anilines is 1. The summed E-state index contributed by atoms with van der Waals surface area (Å²) >= 11 is 12.1. The van der Waals surface area contributed by atoms with Gasteiger partial charge in [0.1, 0.15) is 0 Å². The van der Waals surface area contributed by atoms with Crippen molar-refractivity contribution in [2.75, 3.05) is 5.32 Å². The minimum Gasteiger partial charge on any atom is -0.324 e. The highest BCUT2D eigenvalue weighted by Crippen LogP contribution is 2.30. The number of ketones is 1. The molecule has 0 aliphatic carbocycles. The predicted octanol–water partition coefficient (Wildman–Crippen LogP) is 5.97. The summed E-state index contributed by atoms with van der Waals surface area (Å²) in [6, 6.07) is 21.2. The number of hydrogen-bond donors (Lipinski definition) is 1. The molecule has 0 spiro atoms. The van der Waals surface area contributed by atoms with Gasteiger partial charge in [-0.3, -0.25) is 9.59 Å². The molecule has 0 saturated heterocycles. The fourth-order valence-electron chi connectivity index (χ4n) is 2.70. The Morgan fingerprint density at radius 2 is 1.52 bits per heavy atom. The van der Waals surface area contributed by atoms with Crippen LogP contribution >= 0.6 is 23.2 Å². The number of carbonyl (C=O) groups is 2. The van der Waals surface area contributed by atoms with Crippen LogP contribution in [0.15, 0.2) is 72.8 Å². The summed E-state index contributed by atoms with van der Waals surface area (Å²) < 4.78 is 0. The lowest BCUT2D eigenvalue weighted by Crippen LogP contribution is -2.19. The Kier molecular flexibility index (Phi) is 5.94. The molecule has 3 aromatic carbocycles. The van der Waals surface area contributed by atoms with Crippen molar-refractivity contribution in [1.82, 2.24) is 0 Å². The molecule has 1 atom stereocenters. The zero-order valence-electron chi connectivity index (χ0n) is 14.6. The van der Waals surface area contributed by atoms with E-state index in [1.54, 1.807) is 55.5 Å². The van der Waals surface area contributed by atoms with E-state index in [9.17, 15) is 9.59 Å². The first-order valence-corrected chi connectivity index (χ1v) is 9.17. The Bertz CT molecular complexity index is 987. The summed E-state index contributed by atoms with van der Waals surface area (Å²) in [7, 11) is 0. The van der Waals surface area contributed by atoms with Gasteiger partial charge in [-0.1, -0.05) is 77.8 Å². The monoisotopic (exact) mass is 397 g/mol. The minimum absolute atomic E-state index is 0.0806. The Morgan fingerprint density at radius 1 is 0.852 bits per heavy atom. The second-order valence-corrected chi connectivity index (χ2v) is 6.92. The predicted molar refractivity (Wildman–Crippen MR) is 110 cm³/mol. The summed E-state index contributed by atoms with van der Waals surface area (Å²) in [5.74, 6) is -0.782. The number of hydrogen-bond acceptors (Lipinski definition) is 2. The Labute approximate surface area is 167 Å². The first-order valence-electron chi connectivity index (χ1n) is 8.42. The van der Waals surface area contributed by atoms with Crippen LogP contribution in [0.5, 0.6) is 0 Å². The van der Waals surface area contributed by atoms with Gasteiger partial charge in [0.25, 0.3) is 0 Å². The number of nitrogens with one attached hydrogen (secondary N) is 1. The maximum Gasteiger partial charge on any atom is 0.231 e. The molecule has 27 heavy (non-hydrogen) atoms. The fraction of sp³-hybridized carbons (Fsp3) is 0.0909. The number of halogens is 2. The lowest BCUT2D eigenvalue weighted by Gasteiger charge is -2.15. The molecule has 5 heteroatoms. The molecule has 0 radical (unpaired) electrons. The van der Waals surface area contributed by atoms with Gasteiger partial charge in [-0.15, -0.1) is 0 Å². The number of rotatable bonds is 5. The normalized spacial score (nSPS) is 11.7. The van der Waals surface area contributed by atoms with Crippen molar-refractivity contribution >= 4 is 40.6 Å². The maximum absolute atomic E-state index is 12.6. The van der Waals surface area contributed by atoms with Crippen LogP contribution in [0.4, 0.5) is 5.69 Å². The van der Waals surface area contributed by atoms with Crippen LogP contribution in [-0.4, -0.2) is 11.7 Å². The van der Waals surface area contributed by atoms with Gasteiger partial charge in [-0.05, 0) is 30.7 Å². The van der Waals surface area contributed by atoms with Crippen molar-refractivity contribution in [3.63, 3.8) is 0 Å². The Balaban J connectivity index is 1.81. The van der Waals surface area contributed by atoms with Crippen LogP contribution in [0.1, 0.15) is 34.3 Å². The van der Waals surface area contributed by atoms with Crippen molar-refractivity contribution in [2.45, 2.75) is 12.8 Å². The van der Waals surface area contributed by atoms with E-state index in [1.807, 2.05) is 24.3 Å². The summed E-state index contributed by atoms with van der Waals surface area (Å²) in [4.78, 5) is 25.3. The summed E-state index contributed by atoms with van der Waals surface area (Å²) in [6.07, 6.45) is 0. The van der Waals surface area contributed by atoms with Crippen molar-refractivity contribution < 1.29 is 9.59 Å². The van der Waals surface area contributed by atoms with Gasteiger partial charge >= 0.3 is 0 Å². The Morgan fingerprint density at radius 3 is 2.26 bits per heavy atom. The highest BCUT2D eigenvalue weighted by molar-refractivity contribution is 6.44. The van der Waals surface area contributed by atoms with Gasteiger partial charge in [0, 0.05) is 11.1 Å². The van der Waals surface area contributed by atoms with Crippen molar-refractivity contribution in [2.24, 2.45) is 0 Å². The molecule has 1 N–H and O–H groups in total. The van der Waals surface area contributed by atoms with Crippen LogP contribution in [0.25, 0.3) is 0 Å². The van der Waals surface area contributed by atoms with Gasteiger partial charge in [0.05, 0.1) is 21.7 Å². The largest absolute Gasteiger partial charge is 0.324 e. The van der Waals surface area contributed by atoms with Crippen LogP contribution in [0.3, 0.4) is 0 Å². The first kappa shape index (κ1) is 19.2. The van der Waals surface area contributed by atoms with Crippen LogP contribution < -0.4 is 5.32 Å². The third-order valence-corrected chi connectivity index (χ3v) is 5.11. The first-order chi connectivity index (χ1) is 13.0. The van der Waals surface area contributed by atoms with E-state index in [-0.39, 0.29) is 11.7 Å². The summed E-state index contributed by atoms with van der Waals surface area (Å²) in [5.41, 5.74) is 2.35. The summed E-state index contributed by atoms with van der Waals surface area (Å²) in [5, 5.41) is 3.46. The Hall–Kier alpha value is -2.62. The van der Waals surface area contributed by atoms with Gasteiger partial charge in [0.2, 0.25) is 5.91 Å². The van der Waals surface area contributed by atoms with E-state index < -0.39 is 5.92 Å². The third kappa shape index (κ3) is 4.38. The van der Waals surface area contributed by atoms with Gasteiger partial charge in [-0.25, -0.2) is 0 Å². The fourth-order valence-corrected chi connectivity index (χ4v) is 3.05. The smallest absolute Gasteiger partial charge is 0.231 e. The van der Waals surface area contributed by atoms with Crippen LogP contribution in [0.2, 0.25) is 10.0 Å². The molecule has 3 aromatic rings. The number of amides is 1. The average Bonchev–Trinajstić information content (AvgIpc) is 2.71. The molecular weight excluding hydrogens is 381 g/mol. The molecule has 3 rings (SSSR count). The molecule has 0 saturated carbocycles. The molecule has 1 amide bonds. The van der Waals surface area contributed by atoms with E-state index in [0.717, 1.165) is 5.56 Å². The van der Waals surface area contributed by atoms with Crippen molar-refractivity contribution in [1.29, 1.82) is 0 Å². The summed E-state index contributed by atoms with van der Waals surface area (Å²) in [6.45, 7) is 1.78. The molecule has 0 unspecified atom stereocenters. The zero-order valence-corrected chi connectivity index (χ0v) is 16.1. The second kappa shape index (κ2) is 8.38. The molecular formula is C22H17Cl2NO2. The number of carbonyl (C=O) groups excluding carboxylic acids is 2. The molecule has 3 nitrogen and oxygen atoms in total. The van der Waals surface area contributed by atoms with E-state index in [1.165, 1.54) is 0 Å². The quantitative estimate of drug-likeness (QED) is 0.539. The highest BCUT2D eigenvalue weighted by Gasteiger charge is 2.19. The molecule has 136 valence electrons. The number of benzene rings is 3. The SMILES string of the molecule is C[C@H](C(=O)Nc1cccc(Cl)c1Cl)c1cccc(C(=O)c2ccccc2)c1.